The molecule has 0 fully saturated rings. The van der Waals surface area contributed by atoms with Gasteiger partial charge in [-0.3, -0.25) is 0 Å². The predicted molar refractivity (Wildman–Crippen MR) is 56.0 cm³/mol. The number of hydrogen-bond donors (Lipinski definition) is 1. The van der Waals surface area contributed by atoms with Crippen LogP contribution >= 0.6 is 12.6 Å². The molecule has 1 aromatic rings. The van der Waals surface area contributed by atoms with Crippen LogP contribution in [0.25, 0.3) is 0 Å². The monoisotopic (exact) mass is 226 g/mol. The normalized spacial score (nSPS) is 13.5. The predicted octanol–water partition coefficient (Wildman–Crippen LogP) is 1.53. The molecule has 0 bridgehead atoms. The average Bonchev–Trinajstić information content (AvgIpc) is 2.28. The number of rotatable bonds is 1. The summed E-state index contributed by atoms with van der Waals surface area (Å²) in [6.45, 7) is 0.975. The van der Waals surface area contributed by atoms with Gasteiger partial charge in [0.15, 0.2) is 11.5 Å². The number of carbonyl (C=O) groups is 1. The standard InChI is InChI=1S/C10H10O4S/c1-12-10(11)6-4-7-9(8(15)5-6)14-3-2-13-7/h4-5,15H,2-3H2,1H3. The van der Waals surface area contributed by atoms with Crippen molar-refractivity contribution in [2.45, 2.75) is 4.90 Å². The lowest BCUT2D eigenvalue weighted by molar-refractivity contribution is 0.0599. The Balaban J connectivity index is 2.45. The lowest BCUT2D eigenvalue weighted by Gasteiger charge is -2.20. The molecule has 15 heavy (non-hydrogen) atoms. The summed E-state index contributed by atoms with van der Waals surface area (Å²) in [7, 11) is 1.33. The summed E-state index contributed by atoms with van der Waals surface area (Å²) in [6, 6.07) is 3.20. The summed E-state index contributed by atoms with van der Waals surface area (Å²) in [5.41, 5.74) is 0.409. The number of methoxy groups -OCH3 is 1. The van der Waals surface area contributed by atoms with E-state index in [0.29, 0.717) is 35.2 Å². The molecular formula is C10H10O4S. The van der Waals surface area contributed by atoms with Gasteiger partial charge in [-0.15, -0.1) is 12.6 Å². The van der Waals surface area contributed by atoms with Gasteiger partial charge in [-0.2, -0.15) is 0 Å². The molecule has 1 aliphatic rings. The molecule has 0 aliphatic carbocycles. The molecule has 0 aromatic heterocycles. The summed E-state index contributed by atoms with van der Waals surface area (Å²) >= 11 is 4.23. The van der Waals surface area contributed by atoms with Crippen LogP contribution in [-0.4, -0.2) is 26.3 Å². The minimum Gasteiger partial charge on any atom is -0.486 e. The van der Waals surface area contributed by atoms with E-state index in [9.17, 15) is 4.79 Å². The highest BCUT2D eigenvalue weighted by Crippen LogP contribution is 2.37. The van der Waals surface area contributed by atoms with Gasteiger partial charge < -0.3 is 14.2 Å². The van der Waals surface area contributed by atoms with E-state index in [1.807, 2.05) is 0 Å². The van der Waals surface area contributed by atoms with Gasteiger partial charge in [0.05, 0.1) is 17.6 Å². The first-order valence-corrected chi connectivity index (χ1v) is 4.88. The fourth-order valence-corrected chi connectivity index (χ4v) is 1.68. The number of ether oxygens (including phenoxy) is 3. The van der Waals surface area contributed by atoms with Crippen LogP contribution in [0.2, 0.25) is 0 Å². The molecule has 5 heteroatoms. The van der Waals surface area contributed by atoms with Crippen LogP contribution in [0, 0.1) is 0 Å². The van der Waals surface area contributed by atoms with Crippen molar-refractivity contribution in [3.8, 4) is 11.5 Å². The Bertz CT molecular complexity index is 403. The zero-order chi connectivity index (χ0) is 10.8. The Kier molecular flexibility index (Phi) is 2.73. The third-order valence-corrected chi connectivity index (χ3v) is 2.38. The van der Waals surface area contributed by atoms with Crippen LogP contribution in [-0.2, 0) is 4.74 Å². The minimum absolute atomic E-state index is 0.409. The summed E-state index contributed by atoms with van der Waals surface area (Å²) in [5.74, 6) is 0.702. The Morgan fingerprint density at radius 1 is 1.40 bits per heavy atom. The van der Waals surface area contributed by atoms with E-state index in [4.69, 9.17) is 9.47 Å². The molecule has 0 saturated carbocycles. The second-order valence-electron chi connectivity index (χ2n) is 3.01. The molecule has 1 aliphatic heterocycles. The lowest BCUT2D eigenvalue weighted by Crippen LogP contribution is -2.16. The SMILES string of the molecule is COC(=O)c1cc(S)c2c(c1)OCCO2. The van der Waals surface area contributed by atoms with Crippen molar-refractivity contribution in [2.24, 2.45) is 0 Å². The van der Waals surface area contributed by atoms with Crippen molar-refractivity contribution in [2.75, 3.05) is 20.3 Å². The Morgan fingerprint density at radius 3 is 2.87 bits per heavy atom. The van der Waals surface area contributed by atoms with E-state index in [1.54, 1.807) is 12.1 Å². The van der Waals surface area contributed by atoms with Crippen LogP contribution in [0.15, 0.2) is 17.0 Å². The van der Waals surface area contributed by atoms with Gasteiger partial charge in [0.25, 0.3) is 0 Å². The largest absolute Gasteiger partial charge is 0.486 e. The summed E-state index contributed by atoms with van der Waals surface area (Å²) in [4.78, 5) is 11.9. The van der Waals surface area contributed by atoms with Gasteiger partial charge >= 0.3 is 5.97 Å². The molecule has 0 saturated heterocycles. The first kappa shape index (κ1) is 10.2. The quantitative estimate of drug-likeness (QED) is 0.582. The first-order valence-electron chi connectivity index (χ1n) is 4.43. The van der Waals surface area contributed by atoms with E-state index in [1.165, 1.54) is 7.11 Å². The molecule has 1 heterocycles. The topological polar surface area (TPSA) is 44.8 Å². The van der Waals surface area contributed by atoms with Gasteiger partial charge in [0, 0.05) is 0 Å². The number of benzene rings is 1. The van der Waals surface area contributed by atoms with Crippen LogP contribution < -0.4 is 9.47 Å². The molecule has 0 radical (unpaired) electrons. The maximum atomic E-state index is 11.3. The molecule has 4 nitrogen and oxygen atoms in total. The van der Waals surface area contributed by atoms with Gasteiger partial charge in [0.1, 0.15) is 13.2 Å². The zero-order valence-corrected chi connectivity index (χ0v) is 9.04. The van der Waals surface area contributed by atoms with E-state index >= 15 is 0 Å². The lowest BCUT2D eigenvalue weighted by atomic mass is 10.2. The van der Waals surface area contributed by atoms with Gasteiger partial charge in [-0.25, -0.2) is 4.79 Å². The van der Waals surface area contributed by atoms with Crippen molar-refractivity contribution in [3.63, 3.8) is 0 Å². The van der Waals surface area contributed by atoms with Crippen molar-refractivity contribution in [3.05, 3.63) is 17.7 Å². The number of esters is 1. The highest BCUT2D eigenvalue weighted by molar-refractivity contribution is 7.80. The van der Waals surface area contributed by atoms with Crippen LogP contribution in [0.1, 0.15) is 10.4 Å². The first-order chi connectivity index (χ1) is 7.22. The average molecular weight is 226 g/mol. The molecule has 2 rings (SSSR count). The van der Waals surface area contributed by atoms with Gasteiger partial charge in [-0.05, 0) is 12.1 Å². The Hall–Kier alpha value is -1.36. The molecule has 0 spiro atoms. The highest BCUT2D eigenvalue weighted by atomic mass is 32.1. The zero-order valence-electron chi connectivity index (χ0n) is 8.15. The summed E-state index contributed by atoms with van der Waals surface area (Å²) < 4.78 is 15.3. The fraction of sp³-hybridized carbons (Fsp3) is 0.300. The van der Waals surface area contributed by atoms with E-state index in [2.05, 4.69) is 17.4 Å². The van der Waals surface area contributed by atoms with Crippen molar-refractivity contribution in [1.82, 2.24) is 0 Å². The maximum absolute atomic E-state index is 11.3. The smallest absolute Gasteiger partial charge is 0.338 e. The third-order valence-electron chi connectivity index (χ3n) is 2.04. The second-order valence-corrected chi connectivity index (χ2v) is 3.49. The number of thiol groups is 1. The summed E-state index contributed by atoms with van der Waals surface area (Å²) in [5, 5.41) is 0. The minimum atomic E-state index is -0.415. The second kappa shape index (κ2) is 4.02. The van der Waals surface area contributed by atoms with Gasteiger partial charge in [-0.1, -0.05) is 0 Å². The number of hydrogen-bond acceptors (Lipinski definition) is 5. The molecule has 0 N–H and O–H groups in total. The summed E-state index contributed by atoms with van der Waals surface area (Å²) in [6.07, 6.45) is 0. The van der Waals surface area contributed by atoms with Crippen molar-refractivity contribution < 1.29 is 19.0 Å². The highest BCUT2D eigenvalue weighted by Gasteiger charge is 2.18. The molecule has 1 aromatic carbocycles. The Morgan fingerprint density at radius 2 is 2.13 bits per heavy atom. The number of fused-ring (bicyclic) bond motifs is 1. The van der Waals surface area contributed by atoms with E-state index < -0.39 is 5.97 Å². The van der Waals surface area contributed by atoms with Crippen LogP contribution in [0.5, 0.6) is 11.5 Å². The third kappa shape index (κ3) is 1.87. The fourth-order valence-electron chi connectivity index (χ4n) is 1.37. The molecule has 0 amide bonds. The molecular weight excluding hydrogens is 216 g/mol. The van der Waals surface area contributed by atoms with E-state index in [0.717, 1.165) is 0 Å². The van der Waals surface area contributed by atoms with E-state index in [-0.39, 0.29) is 0 Å². The van der Waals surface area contributed by atoms with Crippen LogP contribution in [0.4, 0.5) is 0 Å². The van der Waals surface area contributed by atoms with Crippen molar-refractivity contribution in [1.29, 1.82) is 0 Å². The van der Waals surface area contributed by atoms with Crippen LogP contribution in [0.3, 0.4) is 0 Å². The molecule has 0 unspecified atom stereocenters. The van der Waals surface area contributed by atoms with Crippen molar-refractivity contribution >= 4 is 18.6 Å². The Labute approximate surface area is 92.5 Å². The number of carbonyl (C=O) groups excluding carboxylic acids is 1. The molecule has 0 atom stereocenters. The molecule has 80 valence electrons. The maximum Gasteiger partial charge on any atom is 0.338 e. The van der Waals surface area contributed by atoms with Gasteiger partial charge in [0.2, 0.25) is 0 Å².